The largest absolute Gasteiger partial charge is 0.338 e. The van der Waals surface area contributed by atoms with Gasteiger partial charge in [-0.3, -0.25) is 5.32 Å². The second-order valence-corrected chi connectivity index (χ2v) is 4.57. The SMILES string of the molecule is CCCCCNC(=O)Nc1ccn(-c2ccccc2)n1. The lowest BCUT2D eigenvalue weighted by Crippen LogP contribution is -2.29. The van der Waals surface area contributed by atoms with Crippen LogP contribution in [0.4, 0.5) is 10.6 Å². The molecule has 0 aliphatic rings. The van der Waals surface area contributed by atoms with Crippen LogP contribution in [0.1, 0.15) is 26.2 Å². The Kier molecular flexibility index (Phi) is 5.17. The second kappa shape index (κ2) is 7.33. The summed E-state index contributed by atoms with van der Waals surface area (Å²) in [5.41, 5.74) is 0.962. The van der Waals surface area contributed by atoms with Gasteiger partial charge in [-0.2, -0.15) is 0 Å². The number of anilines is 1. The number of rotatable bonds is 6. The number of nitrogens with zero attached hydrogens (tertiary/aromatic N) is 2. The molecule has 5 heteroatoms. The molecule has 2 aromatic rings. The molecule has 0 aliphatic carbocycles. The lowest BCUT2D eigenvalue weighted by Gasteiger charge is -2.05. The van der Waals surface area contributed by atoms with E-state index in [4.69, 9.17) is 0 Å². The molecule has 2 amide bonds. The number of benzene rings is 1. The molecule has 2 rings (SSSR count). The van der Waals surface area contributed by atoms with Gasteiger partial charge in [-0.1, -0.05) is 38.0 Å². The Bertz CT molecular complexity index is 536. The molecule has 1 aromatic heterocycles. The molecule has 1 heterocycles. The number of carbonyl (C=O) groups excluding carboxylic acids is 1. The van der Waals surface area contributed by atoms with E-state index >= 15 is 0 Å². The smallest absolute Gasteiger partial charge is 0.320 e. The van der Waals surface area contributed by atoms with Crippen LogP contribution in [-0.2, 0) is 0 Å². The monoisotopic (exact) mass is 272 g/mol. The highest BCUT2D eigenvalue weighted by atomic mass is 16.2. The maximum atomic E-state index is 11.6. The third-order valence-corrected chi connectivity index (χ3v) is 2.92. The van der Waals surface area contributed by atoms with Gasteiger partial charge in [-0.05, 0) is 18.6 Å². The highest BCUT2D eigenvalue weighted by Gasteiger charge is 2.04. The van der Waals surface area contributed by atoms with E-state index in [0.29, 0.717) is 12.4 Å². The number of aromatic nitrogens is 2. The van der Waals surface area contributed by atoms with Gasteiger partial charge in [-0.15, -0.1) is 5.10 Å². The molecule has 0 bridgehead atoms. The van der Waals surface area contributed by atoms with Crippen LogP contribution < -0.4 is 10.6 Å². The first kappa shape index (κ1) is 14.1. The highest BCUT2D eigenvalue weighted by Crippen LogP contribution is 2.09. The predicted octanol–water partition coefficient (Wildman–Crippen LogP) is 3.18. The van der Waals surface area contributed by atoms with Crippen LogP contribution in [-0.4, -0.2) is 22.4 Å². The topological polar surface area (TPSA) is 59.0 Å². The van der Waals surface area contributed by atoms with E-state index in [1.54, 1.807) is 10.7 Å². The van der Waals surface area contributed by atoms with Gasteiger partial charge >= 0.3 is 6.03 Å². The first-order chi connectivity index (χ1) is 9.79. The lowest BCUT2D eigenvalue weighted by atomic mass is 10.2. The van der Waals surface area contributed by atoms with Crippen molar-refractivity contribution in [2.24, 2.45) is 0 Å². The molecule has 0 spiro atoms. The van der Waals surface area contributed by atoms with Crippen molar-refractivity contribution in [2.75, 3.05) is 11.9 Å². The van der Waals surface area contributed by atoms with Crippen LogP contribution in [0.25, 0.3) is 5.69 Å². The second-order valence-electron chi connectivity index (χ2n) is 4.57. The van der Waals surface area contributed by atoms with E-state index < -0.39 is 0 Å². The van der Waals surface area contributed by atoms with E-state index in [9.17, 15) is 4.79 Å². The summed E-state index contributed by atoms with van der Waals surface area (Å²) in [4.78, 5) is 11.6. The number of hydrogen-bond acceptors (Lipinski definition) is 2. The van der Waals surface area contributed by atoms with Gasteiger partial charge in [0.15, 0.2) is 5.82 Å². The fraction of sp³-hybridized carbons (Fsp3) is 0.333. The van der Waals surface area contributed by atoms with Crippen molar-refractivity contribution in [3.8, 4) is 5.69 Å². The zero-order chi connectivity index (χ0) is 14.2. The normalized spacial score (nSPS) is 10.2. The number of unbranched alkanes of at least 4 members (excludes halogenated alkanes) is 2. The molecular weight excluding hydrogens is 252 g/mol. The summed E-state index contributed by atoms with van der Waals surface area (Å²) >= 11 is 0. The van der Waals surface area contributed by atoms with Crippen molar-refractivity contribution >= 4 is 11.8 Å². The quantitative estimate of drug-likeness (QED) is 0.793. The molecule has 20 heavy (non-hydrogen) atoms. The van der Waals surface area contributed by atoms with Crippen LogP contribution in [0.15, 0.2) is 42.6 Å². The van der Waals surface area contributed by atoms with Gasteiger partial charge in [0.1, 0.15) is 0 Å². The number of amides is 2. The van der Waals surface area contributed by atoms with Gasteiger partial charge in [0.2, 0.25) is 0 Å². The summed E-state index contributed by atoms with van der Waals surface area (Å²) in [5, 5.41) is 9.85. The van der Waals surface area contributed by atoms with Gasteiger partial charge in [0, 0.05) is 18.8 Å². The number of nitrogens with one attached hydrogen (secondary N) is 2. The molecule has 1 aromatic carbocycles. The van der Waals surface area contributed by atoms with Crippen LogP contribution >= 0.6 is 0 Å². The summed E-state index contributed by atoms with van der Waals surface area (Å²) < 4.78 is 1.73. The van der Waals surface area contributed by atoms with Gasteiger partial charge in [0.05, 0.1) is 5.69 Å². The summed E-state index contributed by atoms with van der Waals surface area (Å²) in [5.74, 6) is 0.543. The van der Waals surface area contributed by atoms with Crippen molar-refractivity contribution in [2.45, 2.75) is 26.2 Å². The molecule has 0 saturated heterocycles. The first-order valence-corrected chi connectivity index (χ1v) is 6.95. The van der Waals surface area contributed by atoms with Crippen LogP contribution in [0, 0.1) is 0 Å². The predicted molar refractivity (Wildman–Crippen MR) is 80.1 cm³/mol. The minimum atomic E-state index is -0.209. The summed E-state index contributed by atoms with van der Waals surface area (Å²) in [6.45, 7) is 2.83. The average Bonchev–Trinajstić information content (AvgIpc) is 2.93. The molecule has 2 N–H and O–H groups in total. The van der Waals surface area contributed by atoms with Crippen molar-refractivity contribution in [1.29, 1.82) is 0 Å². The number of carbonyl (C=O) groups is 1. The van der Waals surface area contributed by atoms with Crippen molar-refractivity contribution in [1.82, 2.24) is 15.1 Å². The van der Waals surface area contributed by atoms with Crippen LogP contribution in [0.5, 0.6) is 0 Å². The zero-order valence-electron chi connectivity index (χ0n) is 11.7. The number of hydrogen-bond donors (Lipinski definition) is 2. The van der Waals surface area contributed by atoms with E-state index in [1.165, 1.54) is 0 Å². The Hall–Kier alpha value is -2.30. The van der Waals surface area contributed by atoms with Gasteiger partial charge in [-0.25, -0.2) is 9.48 Å². The molecule has 0 radical (unpaired) electrons. The Labute approximate surface area is 119 Å². The fourth-order valence-corrected chi connectivity index (χ4v) is 1.85. The fourth-order valence-electron chi connectivity index (χ4n) is 1.85. The maximum Gasteiger partial charge on any atom is 0.320 e. The van der Waals surface area contributed by atoms with E-state index in [-0.39, 0.29) is 6.03 Å². The van der Waals surface area contributed by atoms with E-state index in [0.717, 1.165) is 24.9 Å². The minimum absolute atomic E-state index is 0.209. The maximum absolute atomic E-state index is 11.6. The van der Waals surface area contributed by atoms with Crippen LogP contribution in [0.3, 0.4) is 0 Å². The van der Waals surface area contributed by atoms with Crippen LogP contribution in [0.2, 0.25) is 0 Å². The molecular formula is C15H20N4O. The Morgan fingerprint density at radius 2 is 2.00 bits per heavy atom. The molecule has 0 fully saturated rings. The molecule has 0 aliphatic heterocycles. The zero-order valence-corrected chi connectivity index (χ0v) is 11.7. The average molecular weight is 272 g/mol. The van der Waals surface area contributed by atoms with Crippen molar-refractivity contribution in [3.05, 3.63) is 42.6 Å². The molecule has 5 nitrogen and oxygen atoms in total. The van der Waals surface area contributed by atoms with E-state index in [2.05, 4.69) is 22.7 Å². The molecule has 106 valence electrons. The summed E-state index contributed by atoms with van der Waals surface area (Å²) in [6, 6.07) is 11.3. The first-order valence-electron chi connectivity index (χ1n) is 6.95. The van der Waals surface area contributed by atoms with Crippen molar-refractivity contribution in [3.63, 3.8) is 0 Å². The third-order valence-electron chi connectivity index (χ3n) is 2.92. The molecule has 0 unspecified atom stereocenters. The Morgan fingerprint density at radius 3 is 2.75 bits per heavy atom. The summed E-state index contributed by atoms with van der Waals surface area (Å²) in [6.07, 6.45) is 5.10. The van der Waals surface area contributed by atoms with E-state index in [1.807, 2.05) is 36.5 Å². The standard InChI is InChI=1S/C15H20N4O/c1-2-3-7-11-16-15(20)17-14-10-12-19(18-14)13-8-5-4-6-9-13/h4-6,8-10,12H,2-3,7,11H2,1H3,(H2,16,17,18,20). The van der Waals surface area contributed by atoms with Gasteiger partial charge in [0.25, 0.3) is 0 Å². The lowest BCUT2D eigenvalue weighted by molar-refractivity contribution is 0.252. The molecule has 0 saturated carbocycles. The number of urea groups is 1. The highest BCUT2D eigenvalue weighted by molar-refractivity contribution is 5.88. The van der Waals surface area contributed by atoms with Crippen molar-refractivity contribution < 1.29 is 4.79 Å². The Balaban J connectivity index is 1.85. The third kappa shape index (κ3) is 4.12. The number of para-hydroxylation sites is 1. The molecule has 0 atom stereocenters. The Morgan fingerprint density at radius 1 is 1.20 bits per heavy atom. The minimum Gasteiger partial charge on any atom is -0.338 e. The van der Waals surface area contributed by atoms with Gasteiger partial charge < -0.3 is 5.32 Å². The summed E-state index contributed by atoms with van der Waals surface area (Å²) in [7, 11) is 0.